The molecule has 0 aromatic heterocycles. The summed E-state index contributed by atoms with van der Waals surface area (Å²) in [5.74, 6) is 2.70. The molecule has 3 rings (SSSR count). The predicted molar refractivity (Wildman–Crippen MR) is 69.9 cm³/mol. The van der Waals surface area contributed by atoms with E-state index in [9.17, 15) is 0 Å². The molecule has 2 nitrogen and oxygen atoms in total. The fourth-order valence-electron chi connectivity index (χ4n) is 3.73. The Morgan fingerprint density at radius 1 is 1.24 bits per heavy atom. The summed E-state index contributed by atoms with van der Waals surface area (Å²) in [5.41, 5.74) is 0.478. The molecule has 1 heterocycles. The molecule has 2 bridgehead atoms. The Morgan fingerprint density at radius 3 is 2.71 bits per heavy atom. The Bertz CT molecular complexity index is 293. The van der Waals surface area contributed by atoms with Gasteiger partial charge in [-0.15, -0.1) is 0 Å². The molecular weight excluding hydrogens is 210 g/mol. The lowest BCUT2D eigenvalue weighted by molar-refractivity contribution is 0.0237. The molecule has 1 aliphatic heterocycles. The summed E-state index contributed by atoms with van der Waals surface area (Å²) >= 11 is 0. The van der Waals surface area contributed by atoms with Gasteiger partial charge >= 0.3 is 0 Å². The maximum Gasteiger partial charge on any atom is 0.0471 e. The van der Waals surface area contributed by atoms with Crippen LogP contribution in [0.3, 0.4) is 0 Å². The SMILES string of the molecule is CC1(CNCC2CC3C=CC2C3)CCOCC1. The molecule has 2 heteroatoms. The minimum atomic E-state index is 0.478. The third kappa shape index (κ3) is 2.58. The van der Waals surface area contributed by atoms with Gasteiger partial charge in [-0.25, -0.2) is 0 Å². The zero-order chi connectivity index (χ0) is 11.7. The average molecular weight is 235 g/mol. The first-order valence-corrected chi connectivity index (χ1v) is 7.22. The van der Waals surface area contributed by atoms with Crippen molar-refractivity contribution < 1.29 is 4.74 Å². The summed E-state index contributed by atoms with van der Waals surface area (Å²) in [7, 11) is 0. The van der Waals surface area contributed by atoms with Crippen molar-refractivity contribution >= 4 is 0 Å². The fourth-order valence-corrected chi connectivity index (χ4v) is 3.73. The van der Waals surface area contributed by atoms with E-state index in [-0.39, 0.29) is 0 Å². The summed E-state index contributed by atoms with van der Waals surface area (Å²) in [6, 6.07) is 0. The van der Waals surface area contributed by atoms with Crippen molar-refractivity contribution in [3.8, 4) is 0 Å². The second kappa shape index (κ2) is 4.74. The summed E-state index contributed by atoms with van der Waals surface area (Å²) in [4.78, 5) is 0. The number of hydrogen-bond donors (Lipinski definition) is 1. The van der Waals surface area contributed by atoms with Crippen LogP contribution in [0.5, 0.6) is 0 Å². The number of allylic oxidation sites excluding steroid dienone is 2. The lowest BCUT2D eigenvalue weighted by Crippen LogP contribution is -2.39. The van der Waals surface area contributed by atoms with Crippen LogP contribution in [-0.4, -0.2) is 26.3 Å². The van der Waals surface area contributed by atoms with Gasteiger partial charge in [0.15, 0.2) is 0 Å². The molecule has 3 aliphatic rings. The highest BCUT2D eigenvalue weighted by Crippen LogP contribution is 2.43. The molecule has 1 saturated carbocycles. The maximum atomic E-state index is 5.45. The van der Waals surface area contributed by atoms with Gasteiger partial charge in [-0.2, -0.15) is 0 Å². The normalized spacial score (nSPS) is 38.8. The minimum Gasteiger partial charge on any atom is -0.381 e. The van der Waals surface area contributed by atoms with Crippen LogP contribution in [0.4, 0.5) is 0 Å². The summed E-state index contributed by atoms with van der Waals surface area (Å²) in [6.07, 6.45) is 10.2. The molecule has 0 amide bonds. The molecule has 17 heavy (non-hydrogen) atoms. The van der Waals surface area contributed by atoms with Crippen molar-refractivity contribution in [3.05, 3.63) is 12.2 Å². The number of nitrogens with one attached hydrogen (secondary N) is 1. The van der Waals surface area contributed by atoms with Crippen molar-refractivity contribution in [2.45, 2.75) is 32.6 Å². The Labute approximate surface area is 105 Å². The van der Waals surface area contributed by atoms with Crippen molar-refractivity contribution in [3.63, 3.8) is 0 Å². The van der Waals surface area contributed by atoms with Crippen LogP contribution in [0.25, 0.3) is 0 Å². The molecule has 1 N–H and O–H groups in total. The highest BCUT2D eigenvalue weighted by Gasteiger charge is 2.35. The molecule has 0 spiro atoms. The van der Waals surface area contributed by atoms with Gasteiger partial charge in [-0.3, -0.25) is 0 Å². The van der Waals surface area contributed by atoms with Crippen molar-refractivity contribution in [2.75, 3.05) is 26.3 Å². The quantitative estimate of drug-likeness (QED) is 0.756. The van der Waals surface area contributed by atoms with Gasteiger partial charge in [0.05, 0.1) is 0 Å². The van der Waals surface area contributed by atoms with E-state index >= 15 is 0 Å². The third-order valence-corrected chi connectivity index (χ3v) is 5.07. The summed E-state index contributed by atoms with van der Waals surface area (Å²) in [5, 5.41) is 3.73. The van der Waals surface area contributed by atoms with Crippen LogP contribution in [0.2, 0.25) is 0 Å². The molecule has 3 unspecified atom stereocenters. The van der Waals surface area contributed by atoms with Gasteiger partial charge in [0, 0.05) is 19.8 Å². The fraction of sp³-hybridized carbons (Fsp3) is 0.867. The molecule has 0 aromatic carbocycles. The van der Waals surface area contributed by atoms with Crippen molar-refractivity contribution in [1.82, 2.24) is 5.32 Å². The van der Waals surface area contributed by atoms with Crippen LogP contribution in [0.1, 0.15) is 32.6 Å². The topological polar surface area (TPSA) is 21.3 Å². The van der Waals surface area contributed by atoms with E-state index < -0.39 is 0 Å². The number of ether oxygens (including phenoxy) is 1. The standard InChI is InChI=1S/C15H25NO/c1-15(4-6-17-7-5-15)11-16-10-14-9-12-2-3-13(14)8-12/h2-3,12-14,16H,4-11H2,1H3. The van der Waals surface area contributed by atoms with Gasteiger partial charge in [0.2, 0.25) is 0 Å². The van der Waals surface area contributed by atoms with Gasteiger partial charge in [0.25, 0.3) is 0 Å². The van der Waals surface area contributed by atoms with Crippen LogP contribution in [0, 0.1) is 23.2 Å². The average Bonchev–Trinajstić information content (AvgIpc) is 2.92. The molecule has 2 fully saturated rings. The molecule has 1 saturated heterocycles. The van der Waals surface area contributed by atoms with Crippen LogP contribution < -0.4 is 5.32 Å². The molecular formula is C15H25NO. The van der Waals surface area contributed by atoms with E-state index in [0.29, 0.717) is 5.41 Å². The molecule has 3 atom stereocenters. The van der Waals surface area contributed by atoms with Crippen LogP contribution >= 0.6 is 0 Å². The molecule has 2 aliphatic carbocycles. The van der Waals surface area contributed by atoms with Gasteiger partial charge in [-0.1, -0.05) is 19.1 Å². The van der Waals surface area contributed by atoms with Crippen molar-refractivity contribution in [1.29, 1.82) is 0 Å². The lowest BCUT2D eigenvalue weighted by Gasteiger charge is -2.34. The van der Waals surface area contributed by atoms with E-state index in [4.69, 9.17) is 4.74 Å². The number of fused-ring (bicyclic) bond motifs is 2. The molecule has 0 radical (unpaired) electrons. The van der Waals surface area contributed by atoms with Gasteiger partial charge in [0.1, 0.15) is 0 Å². The Hall–Kier alpha value is -0.340. The van der Waals surface area contributed by atoms with Crippen molar-refractivity contribution in [2.24, 2.45) is 23.2 Å². The largest absolute Gasteiger partial charge is 0.381 e. The minimum absolute atomic E-state index is 0.478. The number of hydrogen-bond acceptors (Lipinski definition) is 2. The lowest BCUT2D eigenvalue weighted by atomic mass is 9.82. The van der Waals surface area contributed by atoms with E-state index in [2.05, 4.69) is 24.4 Å². The second-order valence-electron chi connectivity index (χ2n) is 6.59. The van der Waals surface area contributed by atoms with Gasteiger partial charge in [-0.05, 0) is 55.4 Å². The first kappa shape index (κ1) is 11.7. The van der Waals surface area contributed by atoms with E-state index in [0.717, 1.165) is 31.0 Å². The highest BCUT2D eigenvalue weighted by atomic mass is 16.5. The third-order valence-electron chi connectivity index (χ3n) is 5.07. The van der Waals surface area contributed by atoms with E-state index in [1.165, 1.54) is 38.8 Å². The maximum absolute atomic E-state index is 5.45. The summed E-state index contributed by atoms with van der Waals surface area (Å²) in [6.45, 7) is 6.71. The predicted octanol–water partition coefficient (Wildman–Crippen LogP) is 2.60. The first-order chi connectivity index (χ1) is 8.25. The monoisotopic (exact) mass is 235 g/mol. The summed E-state index contributed by atoms with van der Waals surface area (Å²) < 4.78 is 5.45. The number of rotatable bonds is 4. The molecule has 96 valence electrons. The zero-order valence-electron chi connectivity index (χ0n) is 11.0. The molecule has 0 aromatic rings. The Morgan fingerprint density at radius 2 is 2.06 bits per heavy atom. The van der Waals surface area contributed by atoms with Gasteiger partial charge < -0.3 is 10.1 Å². The van der Waals surface area contributed by atoms with Crippen LogP contribution in [-0.2, 0) is 4.74 Å². The van der Waals surface area contributed by atoms with E-state index in [1.807, 2.05) is 0 Å². The smallest absolute Gasteiger partial charge is 0.0471 e. The second-order valence-corrected chi connectivity index (χ2v) is 6.59. The highest BCUT2D eigenvalue weighted by molar-refractivity contribution is 5.10. The van der Waals surface area contributed by atoms with E-state index in [1.54, 1.807) is 0 Å². The Kier molecular flexibility index (Phi) is 3.27. The van der Waals surface area contributed by atoms with Crippen LogP contribution in [0.15, 0.2) is 12.2 Å². The first-order valence-electron chi connectivity index (χ1n) is 7.22. The Balaban J connectivity index is 1.41. The zero-order valence-corrected chi connectivity index (χ0v) is 11.0.